The molecule has 1 atom stereocenters. The number of aromatic nitrogens is 3. The Balaban J connectivity index is 2.79. The van der Waals surface area contributed by atoms with Gasteiger partial charge >= 0.3 is 12.1 Å². The number of hydrogen-bond acceptors (Lipinski definition) is 4. The SMILES string of the molecule is CCOC(=O)c1cnnn1CC(C)C(F)(F)F. The molecule has 0 aliphatic heterocycles. The summed E-state index contributed by atoms with van der Waals surface area (Å²) in [5.41, 5.74) is -0.0806. The fourth-order valence-electron chi connectivity index (χ4n) is 1.12. The van der Waals surface area contributed by atoms with Crippen LogP contribution in [0.1, 0.15) is 24.3 Å². The highest BCUT2D eigenvalue weighted by atomic mass is 19.4. The van der Waals surface area contributed by atoms with E-state index >= 15 is 0 Å². The quantitative estimate of drug-likeness (QED) is 0.763. The van der Waals surface area contributed by atoms with E-state index in [2.05, 4.69) is 15.0 Å². The van der Waals surface area contributed by atoms with Gasteiger partial charge in [-0.1, -0.05) is 12.1 Å². The number of halogens is 3. The van der Waals surface area contributed by atoms with Crippen LogP contribution < -0.4 is 0 Å². The van der Waals surface area contributed by atoms with Gasteiger partial charge in [-0.15, -0.1) is 5.10 Å². The van der Waals surface area contributed by atoms with Gasteiger partial charge in [-0.25, -0.2) is 9.48 Å². The van der Waals surface area contributed by atoms with Crippen LogP contribution in [0, 0.1) is 5.92 Å². The first-order chi connectivity index (χ1) is 7.86. The number of hydrogen-bond donors (Lipinski definition) is 0. The predicted octanol–water partition coefficient (Wildman–Crippen LogP) is 1.65. The second kappa shape index (κ2) is 5.15. The van der Waals surface area contributed by atoms with Crippen LogP contribution in [0.4, 0.5) is 13.2 Å². The van der Waals surface area contributed by atoms with Gasteiger partial charge in [0.1, 0.15) is 0 Å². The van der Waals surface area contributed by atoms with Gasteiger partial charge in [0.15, 0.2) is 5.69 Å². The van der Waals surface area contributed by atoms with E-state index in [1.807, 2.05) is 0 Å². The maximum atomic E-state index is 12.3. The van der Waals surface area contributed by atoms with E-state index in [-0.39, 0.29) is 12.3 Å². The average molecular weight is 251 g/mol. The molecule has 0 aromatic carbocycles. The van der Waals surface area contributed by atoms with Crippen molar-refractivity contribution in [1.82, 2.24) is 15.0 Å². The first kappa shape index (κ1) is 13.5. The van der Waals surface area contributed by atoms with E-state index in [0.717, 1.165) is 17.8 Å². The Morgan fingerprint density at radius 3 is 2.76 bits per heavy atom. The lowest BCUT2D eigenvalue weighted by atomic mass is 10.2. The smallest absolute Gasteiger partial charge is 0.393 e. The number of rotatable bonds is 4. The Hall–Kier alpha value is -1.60. The molecule has 0 bridgehead atoms. The van der Waals surface area contributed by atoms with Crippen LogP contribution in [0.5, 0.6) is 0 Å². The van der Waals surface area contributed by atoms with Crippen LogP contribution in [0.15, 0.2) is 6.20 Å². The number of ether oxygens (including phenoxy) is 1. The zero-order chi connectivity index (χ0) is 13.1. The molecule has 0 saturated heterocycles. The first-order valence-corrected chi connectivity index (χ1v) is 4.98. The van der Waals surface area contributed by atoms with Gasteiger partial charge < -0.3 is 4.74 Å². The van der Waals surface area contributed by atoms with Crippen LogP contribution in [0.2, 0.25) is 0 Å². The van der Waals surface area contributed by atoms with E-state index < -0.39 is 24.6 Å². The highest BCUT2D eigenvalue weighted by Crippen LogP contribution is 2.26. The van der Waals surface area contributed by atoms with Gasteiger partial charge in [-0.05, 0) is 6.92 Å². The minimum atomic E-state index is -4.34. The van der Waals surface area contributed by atoms with E-state index in [9.17, 15) is 18.0 Å². The molecule has 0 aliphatic rings. The molecule has 0 aliphatic carbocycles. The first-order valence-electron chi connectivity index (χ1n) is 4.98. The number of carbonyl (C=O) groups is 1. The second-order valence-electron chi connectivity index (χ2n) is 3.46. The van der Waals surface area contributed by atoms with Crippen molar-refractivity contribution >= 4 is 5.97 Å². The van der Waals surface area contributed by atoms with Gasteiger partial charge in [0.2, 0.25) is 0 Å². The molecule has 1 unspecified atom stereocenters. The van der Waals surface area contributed by atoms with Crippen molar-refractivity contribution in [2.45, 2.75) is 26.6 Å². The molecule has 8 heteroatoms. The fourth-order valence-corrected chi connectivity index (χ4v) is 1.12. The predicted molar refractivity (Wildman–Crippen MR) is 51.2 cm³/mol. The molecular formula is C9H12F3N3O2. The summed E-state index contributed by atoms with van der Waals surface area (Å²) in [6.07, 6.45) is -3.25. The molecule has 96 valence electrons. The molecule has 0 spiro atoms. The Labute approximate surface area is 95.6 Å². The second-order valence-corrected chi connectivity index (χ2v) is 3.46. The van der Waals surface area contributed by atoms with Crippen LogP contribution in [0.25, 0.3) is 0 Å². The van der Waals surface area contributed by atoms with Gasteiger partial charge in [0.05, 0.1) is 25.3 Å². The Morgan fingerprint density at radius 1 is 1.59 bits per heavy atom. The average Bonchev–Trinajstić information content (AvgIpc) is 2.64. The number of nitrogens with zero attached hydrogens (tertiary/aromatic N) is 3. The molecule has 0 fully saturated rings. The van der Waals surface area contributed by atoms with Crippen molar-refractivity contribution < 1.29 is 22.7 Å². The summed E-state index contributed by atoms with van der Waals surface area (Å²) in [4.78, 5) is 11.4. The van der Waals surface area contributed by atoms with Crippen molar-refractivity contribution in [2.24, 2.45) is 5.92 Å². The Kier molecular flexibility index (Phi) is 4.08. The van der Waals surface area contributed by atoms with Crippen LogP contribution in [0.3, 0.4) is 0 Å². The highest BCUT2D eigenvalue weighted by molar-refractivity contribution is 5.87. The van der Waals surface area contributed by atoms with Gasteiger partial charge in [0.25, 0.3) is 0 Å². The Bertz CT molecular complexity index is 389. The van der Waals surface area contributed by atoms with Crippen molar-refractivity contribution in [1.29, 1.82) is 0 Å². The third kappa shape index (κ3) is 3.43. The summed E-state index contributed by atoms with van der Waals surface area (Å²) in [6, 6.07) is 0. The van der Waals surface area contributed by atoms with Gasteiger partial charge in [0, 0.05) is 0 Å². The molecular weight excluding hydrogens is 239 g/mol. The van der Waals surface area contributed by atoms with Crippen LogP contribution >= 0.6 is 0 Å². The van der Waals surface area contributed by atoms with Gasteiger partial charge in [-0.2, -0.15) is 13.2 Å². The summed E-state index contributed by atoms with van der Waals surface area (Å²) in [6.45, 7) is 2.29. The maximum Gasteiger partial charge on any atom is 0.393 e. The number of esters is 1. The van der Waals surface area contributed by atoms with Gasteiger partial charge in [-0.3, -0.25) is 0 Å². The number of carbonyl (C=O) groups excluding carboxylic acids is 1. The number of alkyl halides is 3. The topological polar surface area (TPSA) is 57.0 Å². The summed E-state index contributed by atoms with van der Waals surface area (Å²) in [7, 11) is 0. The fraction of sp³-hybridized carbons (Fsp3) is 0.667. The van der Waals surface area contributed by atoms with E-state index in [1.54, 1.807) is 6.92 Å². The monoisotopic (exact) mass is 251 g/mol. The Morgan fingerprint density at radius 2 is 2.24 bits per heavy atom. The zero-order valence-electron chi connectivity index (χ0n) is 9.36. The molecule has 5 nitrogen and oxygen atoms in total. The van der Waals surface area contributed by atoms with E-state index in [0.29, 0.717) is 0 Å². The largest absolute Gasteiger partial charge is 0.461 e. The summed E-state index contributed by atoms with van der Waals surface area (Å²) >= 11 is 0. The van der Waals surface area contributed by atoms with E-state index in [4.69, 9.17) is 0 Å². The van der Waals surface area contributed by atoms with Crippen molar-refractivity contribution in [3.8, 4) is 0 Å². The molecule has 0 saturated carbocycles. The lowest BCUT2D eigenvalue weighted by Crippen LogP contribution is -2.27. The maximum absolute atomic E-state index is 12.3. The molecule has 0 amide bonds. The van der Waals surface area contributed by atoms with Crippen molar-refractivity contribution in [2.75, 3.05) is 6.61 Å². The normalized spacial score (nSPS) is 13.5. The molecule has 1 aromatic rings. The molecule has 1 rings (SSSR count). The van der Waals surface area contributed by atoms with Crippen molar-refractivity contribution in [3.63, 3.8) is 0 Å². The third-order valence-electron chi connectivity index (χ3n) is 2.11. The highest BCUT2D eigenvalue weighted by Gasteiger charge is 2.37. The van der Waals surface area contributed by atoms with E-state index in [1.165, 1.54) is 0 Å². The van der Waals surface area contributed by atoms with Crippen LogP contribution in [-0.2, 0) is 11.3 Å². The summed E-state index contributed by atoms with van der Waals surface area (Å²) in [5, 5.41) is 6.84. The minimum Gasteiger partial charge on any atom is -0.461 e. The van der Waals surface area contributed by atoms with Crippen LogP contribution in [-0.4, -0.2) is 33.7 Å². The minimum absolute atomic E-state index is 0.0806. The summed E-state index contributed by atoms with van der Waals surface area (Å²) in [5.74, 6) is -2.34. The standard InChI is InChI=1S/C9H12F3N3O2/c1-3-17-8(16)7-4-13-14-15(7)5-6(2)9(10,11)12/h4,6H,3,5H2,1-2H3. The lowest BCUT2D eigenvalue weighted by molar-refractivity contribution is -0.173. The zero-order valence-corrected chi connectivity index (χ0v) is 9.36. The molecule has 1 aromatic heterocycles. The lowest BCUT2D eigenvalue weighted by Gasteiger charge is -2.15. The molecule has 17 heavy (non-hydrogen) atoms. The molecule has 1 heterocycles. The van der Waals surface area contributed by atoms with Crippen molar-refractivity contribution in [3.05, 3.63) is 11.9 Å². The molecule has 0 radical (unpaired) electrons. The summed E-state index contributed by atoms with van der Waals surface area (Å²) < 4.78 is 42.6. The third-order valence-corrected chi connectivity index (χ3v) is 2.11. The molecule has 0 N–H and O–H groups in total.